The van der Waals surface area contributed by atoms with Crippen molar-refractivity contribution in [2.75, 3.05) is 0 Å². The number of benzene rings is 2. The van der Waals surface area contributed by atoms with Gasteiger partial charge in [-0.25, -0.2) is 0 Å². The number of aromatic hydroxyl groups is 1. The highest BCUT2D eigenvalue weighted by Crippen LogP contribution is 2.27. The molecule has 2 aromatic rings. The third-order valence-corrected chi connectivity index (χ3v) is 3.62. The average Bonchev–Trinajstić information content (AvgIpc) is 2.30. The fourth-order valence-corrected chi connectivity index (χ4v) is 2.50. The van der Waals surface area contributed by atoms with Gasteiger partial charge in [-0.3, -0.25) is 0 Å². The molecule has 2 aromatic carbocycles. The monoisotopic (exact) mass is 250 g/mol. The molecule has 0 amide bonds. The van der Waals surface area contributed by atoms with Crippen molar-refractivity contribution in [3.63, 3.8) is 0 Å². The molecule has 1 nitrogen and oxygen atoms in total. The summed E-state index contributed by atoms with van der Waals surface area (Å²) in [6.45, 7) is 0. The van der Waals surface area contributed by atoms with Crippen LogP contribution in [0.4, 0.5) is 0 Å². The zero-order valence-corrected chi connectivity index (χ0v) is 10.1. The maximum Gasteiger partial charge on any atom is 0.115 e. The van der Waals surface area contributed by atoms with E-state index in [1.165, 1.54) is 0 Å². The van der Waals surface area contributed by atoms with Crippen molar-refractivity contribution in [1.82, 2.24) is 0 Å². The highest BCUT2D eigenvalue weighted by molar-refractivity contribution is 7.98. The van der Waals surface area contributed by atoms with Crippen LogP contribution < -0.4 is 0 Å². The number of phenols is 1. The lowest BCUT2D eigenvalue weighted by molar-refractivity contribution is 0.475. The van der Waals surface area contributed by atoms with Gasteiger partial charge in [-0.1, -0.05) is 29.8 Å². The summed E-state index contributed by atoms with van der Waals surface area (Å²) in [4.78, 5) is 1.12. The van der Waals surface area contributed by atoms with Gasteiger partial charge in [0, 0.05) is 15.7 Å². The van der Waals surface area contributed by atoms with Crippen LogP contribution in [0.5, 0.6) is 5.75 Å². The highest BCUT2D eigenvalue weighted by Gasteiger charge is 2.00. The standard InChI is InChI=1S/C13H11ClOS/c14-13-4-2-1-3-10(13)9-16-12-7-5-11(15)6-8-12/h1-8,15H,9H2. The van der Waals surface area contributed by atoms with Gasteiger partial charge in [-0.15, -0.1) is 11.8 Å². The molecule has 0 bridgehead atoms. The van der Waals surface area contributed by atoms with Gasteiger partial charge in [-0.05, 0) is 35.9 Å². The highest BCUT2D eigenvalue weighted by atomic mass is 35.5. The molecule has 0 radical (unpaired) electrons. The largest absolute Gasteiger partial charge is 0.508 e. The molecule has 1 N–H and O–H groups in total. The van der Waals surface area contributed by atoms with Crippen LogP contribution in [0.3, 0.4) is 0 Å². The Balaban J connectivity index is 2.02. The van der Waals surface area contributed by atoms with Crippen molar-refractivity contribution in [3.05, 3.63) is 59.1 Å². The van der Waals surface area contributed by atoms with Gasteiger partial charge in [-0.2, -0.15) is 0 Å². The Morgan fingerprint density at radius 2 is 1.69 bits per heavy atom. The SMILES string of the molecule is Oc1ccc(SCc2ccccc2Cl)cc1. The predicted molar refractivity (Wildman–Crippen MR) is 69.1 cm³/mol. The van der Waals surface area contributed by atoms with E-state index in [1.807, 2.05) is 36.4 Å². The normalized spacial score (nSPS) is 10.3. The number of thioether (sulfide) groups is 1. The minimum absolute atomic E-state index is 0.294. The number of hydrogen-bond donors (Lipinski definition) is 1. The Hall–Kier alpha value is -1.12. The molecule has 0 aromatic heterocycles. The molecule has 2 rings (SSSR count). The lowest BCUT2D eigenvalue weighted by atomic mass is 10.2. The Morgan fingerprint density at radius 3 is 2.38 bits per heavy atom. The fraction of sp³-hybridized carbons (Fsp3) is 0.0769. The first-order chi connectivity index (χ1) is 7.75. The Morgan fingerprint density at radius 1 is 1.00 bits per heavy atom. The van der Waals surface area contributed by atoms with Crippen molar-refractivity contribution in [2.45, 2.75) is 10.6 Å². The maximum absolute atomic E-state index is 9.16. The number of hydrogen-bond acceptors (Lipinski definition) is 2. The lowest BCUT2D eigenvalue weighted by Crippen LogP contribution is -1.81. The van der Waals surface area contributed by atoms with Crippen molar-refractivity contribution >= 4 is 23.4 Å². The van der Waals surface area contributed by atoms with E-state index in [4.69, 9.17) is 16.7 Å². The van der Waals surface area contributed by atoms with Crippen LogP contribution in [0, 0.1) is 0 Å². The summed E-state index contributed by atoms with van der Waals surface area (Å²) in [6, 6.07) is 15.0. The van der Waals surface area contributed by atoms with E-state index < -0.39 is 0 Å². The summed E-state index contributed by atoms with van der Waals surface area (Å²) in [5, 5.41) is 9.96. The first-order valence-electron chi connectivity index (χ1n) is 4.91. The topological polar surface area (TPSA) is 20.2 Å². The fourth-order valence-electron chi connectivity index (χ4n) is 1.32. The van der Waals surface area contributed by atoms with E-state index in [1.54, 1.807) is 23.9 Å². The summed E-state index contributed by atoms with van der Waals surface area (Å²) in [5.74, 6) is 1.13. The average molecular weight is 251 g/mol. The first kappa shape index (κ1) is 11.4. The van der Waals surface area contributed by atoms with Crippen LogP contribution in [-0.4, -0.2) is 5.11 Å². The first-order valence-corrected chi connectivity index (χ1v) is 6.27. The molecule has 16 heavy (non-hydrogen) atoms. The van der Waals surface area contributed by atoms with Crippen LogP contribution in [-0.2, 0) is 5.75 Å². The summed E-state index contributed by atoms with van der Waals surface area (Å²) in [5.41, 5.74) is 1.13. The molecule has 0 saturated heterocycles. The zero-order valence-electron chi connectivity index (χ0n) is 8.56. The molecule has 0 saturated carbocycles. The van der Waals surface area contributed by atoms with E-state index in [-0.39, 0.29) is 0 Å². The van der Waals surface area contributed by atoms with Crippen LogP contribution >= 0.6 is 23.4 Å². The van der Waals surface area contributed by atoms with Gasteiger partial charge >= 0.3 is 0 Å². The summed E-state index contributed by atoms with van der Waals surface area (Å²) in [7, 11) is 0. The number of phenolic OH excluding ortho intramolecular Hbond substituents is 1. The Bertz CT molecular complexity index is 468. The summed E-state index contributed by atoms with van der Waals surface area (Å²) >= 11 is 7.76. The number of rotatable bonds is 3. The quantitative estimate of drug-likeness (QED) is 0.818. The molecule has 0 spiro atoms. The molecule has 0 aliphatic carbocycles. The maximum atomic E-state index is 9.16. The van der Waals surface area contributed by atoms with Gasteiger partial charge in [0.25, 0.3) is 0 Å². The molecular weight excluding hydrogens is 240 g/mol. The molecule has 3 heteroatoms. The Kier molecular flexibility index (Phi) is 3.75. The smallest absolute Gasteiger partial charge is 0.115 e. The van der Waals surface area contributed by atoms with Gasteiger partial charge < -0.3 is 5.11 Å². The van der Waals surface area contributed by atoms with E-state index >= 15 is 0 Å². The molecule has 0 unspecified atom stereocenters. The van der Waals surface area contributed by atoms with Crippen molar-refractivity contribution in [2.24, 2.45) is 0 Å². The third kappa shape index (κ3) is 2.94. The second-order valence-electron chi connectivity index (χ2n) is 3.37. The second-order valence-corrected chi connectivity index (χ2v) is 4.83. The minimum Gasteiger partial charge on any atom is -0.508 e. The van der Waals surface area contributed by atoms with Crippen LogP contribution in [0.25, 0.3) is 0 Å². The molecule has 0 atom stereocenters. The zero-order chi connectivity index (χ0) is 11.4. The minimum atomic E-state index is 0.294. The molecule has 0 aliphatic heterocycles. The van der Waals surface area contributed by atoms with Crippen LogP contribution in [0.15, 0.2) is 53.4 Å². The Labute approximate surface area is 104 Å². The van der Waals surface area contributed by atoms with Crippen LogP contribution in [0.2, 0.25) is 5.02 Å². The predicted octanol–water partition coefficient (Wildman–Crippen LogP) is 4.34. The van der Waals surface area contributed by atoms with E-state index in [2.05, 4.69) is 0 Å². The number of halogens is 1. The van der Waals surface area contributed by atoms with E-state index in [9.17, 15) is 0 Å². The molecule has 0 fully saturated rings. The second kappa shape index (κ2) is 5.28. The van der Waals surface area contributed by atoms with Gasteiger partial charge in [0.2, 0.25) is 0 Å². The molecule has 0 aliphatic rings. The summed E-state index contributed by atoms with van der Waals surface area (Å²) in [6.07, 6.45) is 0. The van der Waals surface area contributed by atoms with Gasteiger partial charge in [0.05, 0.1) is 0 Å². The summed E-state index contributed by atoms with van der Waals surface area (Å²) < 4.78 is 0. The van der Waals surface area contributed by atoms with Crippen molar-refractivity contribution < 1.29 is 5.11 Å². The van der Waals surface area contributed by atoms with Crippen molar-refractivity contribution in [3.8, 4) is 5.75 Å². The van der Waals surface area contributed by atoms with Gasteiger partial charge in [0.1, 0.15) is 5.75 Å². The van der Waals surface area contributed by atoms with Crippen molar-refractivity contribution in [1.29, 1.82) is 0 Å². The van der Waals surface area contributed by atoms with Crippen LogP contribution in [0.1, 0.15) is 5.56 Å². The molecule has 0 heterocycles. The van der Waals surface area contributed by atoms with E-state index in [0.29, 0.717) is 5.75 Å². The van der Waals surface area contributed by atoms with E-state index in [0.717, 1.165) is 21.2 Å². The third-order valence-electron chi connectivity index (χ3n) is 2.19. The lowest BCUT2D eigenvalue weighted by Gasteiger charge is -2.04. The van der Waals surface area contributed by atoms with Gasteiger partial charge in [0.15, 0.2) is 0 Å². The molecule has 82 valence electrons. The molecular formula is C13H11ClOS.